The third kappa shape index (κ3) is 2.46. The van der Waals surface area contributed by atoms with Crippen LogP contribution in [0, 0.1) is 0 Å². The fourth-order valence-corrected chi connectivity index (χ4v) is 2.74. The van der Waals surface area contributed by atoms with Crippen LogP contribution in [-0.4, -0.2) is 28.6 Å². The minimum atomic E-state index is -0.154. The molecule has 2 atom stereocenters. The van der Waals surface area contributed by atoms with Gasteiger partial charge in [-0.1, -0.05) is 5.16 Å². The van der Waals surface area contributed by atoms with E-state index in [4.69, 9.17) is 9.26 Å². The Morgan fingerprint density at radius 1 is 1.22 bits per heavy atom. The van der Waals surface area contributed by atoms with Crippen molar-refractivity contribution in [3.8, 4) is 0 Å². The van der Waals surface area contributed by atoms with E-state index in [0.717, 1.165) is 32.3 Å². The van der Waals surface area contributed by atoms with Gasteiger partial charge in [0.25, 0.3) is 0 Å². The van der Waals surface area contributed by atoms with Gasteiger partial charge in [-0.15, -0.1) is 0 Å². The van der Waals surface area contributed by atoms with Crippen molar-refractivity contribution in [1.29, 1.82) is 0 Å². The second-order valence-corrected chi connectivity index (χ2v) is 5.15. The summed E-state index contributed by atoms with van der Waals surface area (Å²) in [6.07, 6.45) is 6.75. The van der Waals surface area contributed by atoms with E-state index in [1.807, 2.05) is 0 Å². The summed E-state index contributed by atoms with van der Waals surface area (Å²) in [5.74, 6) is 1.26. The van der Waals surface area contributed by atoms with Crippen LogP contribution in [0.4, 0.5) is 0 Å². The van der Waals surface area contributed by atoms with Gasteiger partial charge in [-0.2, -0.15) is 4.98 Å². The van der Waals surface area contributed by atoms with Gasteiger partial charge in [-0.25, -0.2) is 0 Å². The van der Waals surface area contributed by atoms with E-state index in [1.165, 1.54) is 6.42 Å². The van der Waals surface area contributed by atoms with Gasteiger partial charge in [0.15, 0.2) is 5.82 Å². The molecule has 5 heteroatoms. The molecule has 1 saturated heterocycles. The molecule has 0 bridgehead atoms. The summed E-state index contributed by atoms with van der Waals surface area (Å²) in [5.41, 5.74) is 0. The molecule has 2 unspecified atom stereocenters. The number of rotatable bonds is 3. The van der Waals surface area contributed by atoms with Crippen molar-refractivity contribution in [2.24, 2.45) is 0 Å². The highest BCUT2D eigenvalue weighted by Gasteiger charge is 2.31. The summed E-state index contributed by atoms with van der Waals surface area (Å²) in [5, 5.41) is 3.97. The van der Waals surface area contributed by atoms with E-state index in [1.54, 1.807) is 0 Å². The molecule has 1 saturated carbocycles. The first-order valence-electron chi connectivity index (χ1n) is 6.80. The third-order valence-corrected chi connectivity index (χ3v) is 3.77. The largest absolute Gasteiger partial charge is 0.378 e. The molecule has 0 amide bonds. The van der Waals surface area contributed by atoms with Crippen LogP contribution < -0.4 is 0 Å². The van der Waals surface area contributed by atoms with Crippen LogP contribution in [0.15, 0.2) is 4.52 Å². The van der Waals surface area contributed by atoms with Gasteiger partial charge in [0.1, 0.15) is 5.78 Å². The van der Waals surface area contributed by atoms with Crippen LogP contribution in [0.2, 0.25) is 0 Å². The number of carbonyl (C=O) groups is 1. The SMILES string of the molecule is O=C1CCCC1c1nc(CC2CCCCO2)no1. The molecule has 0 spiro atoms. The molecule has 0 radical (unpaired) electrons. The van der Waals surface area contributed by atoms with Gasteiger partial charge in [0.2, 0.25) is 5.89 Å². The van der Waals surface area contributed by atoms with Crippen LogP contribution in [0.1, 0.15) is 56.2 Å². The number of nitrogens with zero attached hydrogens (tertiary/aromatic N) is 2. The smallest absolute Gasteiger partial charge is 0.237 e. The lowest BCUT2D eigenvalue weighted by Gasteiger charge is -2.20. The maximum absolute atomic E-state index is 11.6. The van der Waals surface area contributed by atoms with Crippen molar-refractivity contribution in [3.05, 3.63) is 11.7 Å². The summed E-state index contributed by atoms with van der Waals surface area (Å²) < 4.78 is 10.9. The van der Waals surface area contributed by atoms with Crippen LogP contribution in [-0.2, 0) is 16.0 Å². The van der Waals surface area contributed by atoms with E-state index >= 15 is 0 Å². The minimum Gasteiger partial charge on any atom is -0.378 e. The Morgan fingerprint density at radius 2 is 2.17 bits per heavy atom. The number of carbonyl (C=O) groups excluding carboxylic acids is 1. The van der Waals surface area contributed by atoms with E-state index in [9.17, 15) is 4.79 Å². The van der Waals surface area contributed by atoms with Crippen molar-refractivity contribution in [2.45, 2.75) is 57.0 Å². The van der Waals surface area contributed by atoms with E-state index in [0.29, 0.717) is 24.6 Å². The lowest BCUT2D eigenvalue weighted by atomic mass is 10.1. The lowest BCUT2D eigenvalue weighted by molar-refractivity contribution is -0.119. The second kappa shape index (κ2) is 5.18. The third-order valence-electron chi connectivity index (χ3n) is 3.77. The zero-order valence-corrected chi connectivity index (χ0v) is 10.4. The molecule has 1 aromatic rings. The maximum atomic E-state index is 11.6. The monoisotopic (exact) mass is 250 g/mol. The highest BCUT2D eigenvalue weighted by Crippen LogP contribution is 2.30. The van der Waals surface area contributed by atoms with Gasteiger partial charge in [-0.3, -0.25) is 4.79 Å². The zero-order valence-electron chi connectivity index (χ0n) is 10.4. The Kier molecular flexibility index (Phi) is 3.41. The standard InChI is InChI=1S/C13H18N2O3/c16-11-6-3-5-10(11)13-14-12(15-18-13)8-9-4-1-2-7-17-9/h9-10H,1-8H2. The van der Waals surface area contributed by atoms with Gasteiger partial charge in [0, 0.05) is 19.4 Å². The molecule has 0 aromatic carbocycles. The first-order valence-corrected chi connectivity index (χ1v) is 6.80. The normalized spacial score (nSPS) is 28.8. The molecule has 98 valence electrons. The predicted octanol–water partition coefficient (Wildman–Crippen LogP) is 2.02. The quantitative estimate of drug-likeness (QED) is 0.821. The number of hydrogen-bond acceptors (Lipinski definition) is 5. The molecular formula is C13H18N2O3. The van der Waals surface area contributed by atoms with Crippen molar-refractivity contribution < 1.29 is 14.1 Å². The molecule has 2 aliphatic rings. The van der Waals surface area contributed by atoms with Gasteiger partial charge < -0.3 is 9.26 Å². The lowest BCUT2D eigenvalue weighted by Crippen LogP contribution is -2.21. The van der Waals surface area contributed by atoms with Crippen LogP contribution in [0.25, 0.3) is 0 Å². The number of aromatic nitrogens is 2. The summed E-state index contributed by atoms with van der Waals surface area (Å²) in [6, 6.07) is 0. The van der Waals surface area contributed by atoms with E-state index in [2.05, 4.69) is 10.1 Å². The predicted molar refractivity (Wildman–Crippen MR) is 63.2 cm³/mol. The first-order chi connectivity index (χ1) is 8.83. The first kappa shape index (κ1) is 11.8. The Labute approximate surface area is 106 Å². The molecule has 1 aliphatic carbocycles. The Hall–Kier alpha value is -1.23. The molecule has 3 rings (SSSR count). The summed E-state index contributed by atoms with van der Waals surface area (Å²) >= 11 is 0. The Bertz CT molecular complexity index is 424. The average Bonchev–Trinajstić information content (AvgIpc) is 2.99. The number of hydrogen-bond donors (Lipinski definition) is 0. The summed E-state index contributed by atoms with van der Waals surface area (Å²) in [4.78, 5) is 16.0. The fourth-order valence-electron chi connectivity index (χ4n) is 2.74. The summed E-state index contributed by atoms with van der Waals surface area (Å²) in [7, 11) is 0. The molecule has 2 fully saturated rings. The van der Waals surface area contributed by atoms with Crippen molar-refractivity contribution >= 4 is 5.78 Å². The van der Waals surface area contributed by atoms with Crippen LogP contribution in [0.3, 0.4) is 0 Å². The topological polar surface area (TPSA) is 65.2 Å². The van der Waals surface area contributed by atoms with Crippen LogP contribution in [0.5, 0.6) is 0 Å². The second-order valence-electron chi connectivity index (χ2n) is 5.15. The molecule has 2 heterocycles. The number of Topliss-reactive ketones (excluding diaryl/α,β-unsaturated/α-hetero) is 1. The highest BCUT2D eigenvalue weighted by atomic mass is 16.5. The van der Waals surface area contributed by atoms with Gasteiger partial charge in [0.05, 0.1) is 12.0 Å². The van der Waals surface area contributed by atoms with Gasteiger partial charge in [-0.05, 0) is 32.1 Å². The molecule has 18 heavy (non-hydrogen) atoms. The molecule has 1 aliphatic heterocycles. The minimum absolute atomic E-state index is 0.154. The Morgan fingerprint density at radius 3 is 2.89 bits per heavy atom. The number of ether oxygens (including phenoxy) is 1. The average molecular weight is 250 g/mol. The zero-order chi connectivity index (χ0) is 12.4. The van der Waals surface area contributed by atoms with Crippen molar-refractivity contribution in [3.63, 3.8) is 0 Å². The highest BCUT2D eigenvalue weighted by molar-refractivity contribution is 5.86. The van der Waals surface area contributed by atoms with Crippen molar-refractivity contribution in [2.75, 3.05) is 6.61 Å². The fraction of sp³-hybridized carbons (Fsp3) is 0.769. The molecular weight excluding hydrogens is 232 g/mol. The van der Waals surface area contributed by atoms with Crippen LogP contribution >= 0.6 is 0 Å². The van der Waals surface area contributed by atoms with E-state index in [-0.39, 0.29) is 17.8 Å². The number of ketones is 1. The summed E-state index contributed by atoms with van der Waals surface area (Å²) in [6.45, 7) is 0.830. The van der Waals surface area contributed by atoms with Gasteiger partial charge >= 0.3 is 0 Å². The van der Waals surface area contributed by atoms with E-state index < -0.39 is 0 Å². The van der Waals surface area contributed by atoms with Crippen molar-refractivity contribution in [1.82, 2.24) is 10.1 Å². The Balaban J connectivity index is 1.63. The molecule has 1 aromatic heterocycles. The molecule has 5 nitrogen and oxygen atoms in total. The maximum Gasteiger partial charge on any atom is 0.237 e. The molecule has 0 N–H and O–H groups in total.